The lowest BCUT2D eigenvalue weighted by molar-refractivity contribution is 0.138. The molecule has 6 heteroatoms. The Kier molecular flexibility index (Phi) is 4.11. The molecule has 0 amide bonds. The van der Waals surface area contributed by atoms with Crippen LogP contribution in [-0.2, 0) is 18.9 Å². The molecule has 0 aromatic rings. The van der Waals surface area contributed by atoms with Gasteiger partial charge in [0.2, 0.25) is 12.1 Å². The lowest BCUT2D eigenvalue weighted by Crippen LogP contribution is -2.23. The molecule has 0 saturated heterocycles. The summed E-state index contributed by atoms with van der Waals surface area (Å²) in [6, 6.07) is 0. The molecule has 0 aromatic carbocycles. The predicted octanol–water partition coefficient (Wildman–Crippen LogP) is 0.550. The van der Waals surface area contributed by atoms with Crippen molar-refractivity contribution in [2.24, 2.45) is 9.98 Å². The second-order valence-corrected chi connectivity index (χ2v) is 2.60. The normalized spacial score (nSPS) is 20.8. The van der Waals surface area contributed by atoms with E-state index in [2.05, 4.69) is 9.98 Å². The zero-order chi connectivity index (χ0) is 11.3. The molecule has 1 unspecified atom stereocenters. The van der Waals surface area contributed by atoms with Gasteiger partial charge in [-0.3, -0.25) is 0 Å². The minimum atomic E-state index is -0.617. The highest BCUT2D eigenvalue weighted by Crippen LogP contribution is 2.10. The van der Waals surface area contributed by atoms with Gasteiger partial charge in [0.05, 0.1) is 27.5 Å². The van der Waals surface area contributed by atoms with Gasteiger partial charge in [-0.25, -0.2) is 9.98 Å². The zero-order valence-corrected chi connectivity index (χ0v) is 9.18. The summed E-state index contributed by atoms with van der Waals surface area (Å²) in [7, 11) is 6.01. The van der Waals surface area contributed by atoms with Crippen LogP contribution in [-0.4, -0.2) is 46.5 Å². The molecule has 0 aromatic heterocycles. The third kappa shape index (κ3) is 2.47. The SMILES string of the molecule is COC1=CN=C(OC)C(OC)N=C1OC. The molecule has 1 atom stereocenters. The lowest BCUT2D eigenvalue weighted by atomic mass is 10.5. The first-order chi connectivity index (χ1) is 7.26. The van der Waals surface area contributed by atoms with Crippen LogP contribution >= 0.6 is 0 Å². The van der Waals surface area contributed by atoms with E-state index in [0.29, 0.717) is 17.6 Å². The average Bonchev–Trinajstić information content (AvgIpc) is 2.46. The Morgan fingerprint density at radius 3 is 2.27 bits per heavy atom. The second kappa shape index (κ2) is 5.35. The number of hydrogen-bond donors (Lipinski definition) is 0. The van der Waals surface area contributed by atoms with Crippen LogP contribution in [0.5, 0.6) is 0 Å². The van der Waals surface area contributed by atoms with Gasteiger partial charge in [0.15, 0.2) is 5.76 Å². The van der Waals surface area contributed by atoms with Crippen molar-refractivity contribution < 1.29 is 18.9 Å². The summed E-state index contributed by atoms with van der Waals surface area (Å²) in [6.07, 6.45) is 0.856. The Balaban J connectivity index is 3.05. The van der Waals surface area contributed by atoms with Crippen LogP contribution in [0.4, 0.5) is 0 Å². The molecule has 6 nitrogen and oxygen atoms in total. The van der Waals surface area contributed by atoms with Gasteiger partial charge in [-0.15, -0.1) is 0 Å². The van der Waals surface area contributed by atoms with Crippen LogP contribution < -0.4 is 0 Å². The fraction of sp³-hybridized carbons (Fsp3) is 0.556. The minimum Gasteiger partial charge on any atom is -0.490 e. The van der Waals surface area contributed by atoms with E-state index in [9.17, 15) is 0 Å². The molecule has 1 heterocycles. The molecule has 0 saturated carbocycles. The maximum Gasteiger partial charge on any atom is 0.256 e. The number of rotatable bonds is 2. The molecule has 15 heavy (non-hydrogen) atoms. The second-order valence-electron chi connectivity index (χ2n) is 2.60. The molecule has 0 radical (unpaired) electrons. The van der Waals surface area contributed by atoms with E-state index >= 15 is 0 Å². The van der Waals surface area contributed by atoms with E-state index in [1.54, 1.807) is 0 Å². The number of ether oxygens (including phenoxy) is 4. The van der Waals surface area contributed by atoms with Gasteiger partial charge in [-0.1, -0.05) is 0 Å². The molecule has 0 aliphatic carbocycles. The number of nitrogens with zero attached hydrogens (tertiary/aromatic N) is 2. The molecule has 84 valence electrons. The predicted molar refractivity (Wildman–Crippen MR) is 54.8 cm³/mol. The van der Waals surface area contributed by atoms with Gasteiger partial charge < -0.3 is 18.9 Å². The van der Waals surface area contributed by atoms with Crippen LogP contribution in [0.25, 0.3) is 0 Å². The summed E-state index contributed by atoms with van der Waals surface area (Å²) < 4.78 is 20.2. The Morgan fingerprint density at radius 2 is 1.80 bits per heavy atom. The Labute approximate surface area is 88.2 Å². The van der Waals surface area contributed by atoms with E-state index < -0.39 is 6.23 Å². The van der Waals surface area contributed by atoms with Crippen molar-refractivity contribution in [1.82, 2.24) is 0 Å². The van der Waals surface area contributed by atoms with Crippen LogP contribution in [0.1, 0.15) is 0 Å². The molecule has 1 aliphatic rings. The first-order valence-corrected chi connectivity index (χ1v) is 4.27. The smallest absolute Gasteiger partial charge is 0.256 e. The largest absolute Gasteiger partial charge is 0.490 e. The van der Waals surface area contributed by atoms with Crippen molar-refractivity contribution in [1.29, 1.82) is 0 Å². The van der Waals surface area contributed by atoms with Crippen molar-refractivity contribution in [2.75, 3.05) is 28.4 Å². The number of methoxy groups -OCH3 is 4. The summed E-state index contributed by atoms with van der Waals surface area (Å²) in [4.78, 5) is 8.17. The van der Waals surface area contributed by atoms with E-state index in [0.717, 1.165) is 0 Å². The van der Waals surface area contributed by atoms with Crippen molar-refractivity contribution in [3.63, 3.8) is 0 Å². The fourth-order valence-electron chi connectivity index (χ4n) is 1.07. The maximum atomic E-state index is 5.09. The summed E-state index contributed by atoms with van der Waals surface area (Å²) in [5.74, 6) is 1.09. The average molecular weight is 214 g/mol. The van der Waals surface area contributed by atoms with E-state index in [4.69, 9.17) is 18.9 Å². The van der Waals surface area contributed by atoms with Gasteiger partial charge in [-0.05, 0) is 0 Å². The molecule has 0 fully saturated rings. The Bertz CT molecular complexity index is 309. The van der Waals surface area contributed by atoms with Crippen molar-refractivity contribution in [3.8, 4) is 0 Å². The number of hydrogen-bond acceptors (Lipinski definition) is 6. The first-order valence-electron chi connectivity index (χ1n) is 4.27. The summed E-state index contributed by atoms with van der Waals surface area (Å²) >= 11 is 0. The highest BCUT2D eigenvalue weighted by molar-refractivity contribution is 5.95. The van der Waals surface area contributed by atoms with Gasteiger partial charge in [-0.2, -0.15) is 0 Å². The van der Waals surface area contributed by atoms with Crippen molar-refractivity contribution in [3.05, 3.63) is 12.0 Å². The topological polar surface area (TPSA) is 61.6 Å². The summed E-state index contributed by atoms with van der Waals surface area (Å²) in [5.41, 5.74) is 0. The Hall–Kier alpha value is -1.56. The highest BCUT2D eigenvalue weighted by Gasteiger charge is 2.21. The molecule has 0 bridgehead atoms. The lowest BCUT2D eigenvalue weighted by Gasteiger charge is -2.11. The molecule has 0 spiro atoms. The van der Waals surface area contributed by atoms with Crippen LogP contribution in [0.3, 0.4) is 0 Å². The fourth-order valence-corrected chi connectivity index (χ4v) is 1.07. The monoisotopic (exact) mass is 214 g/mol. The first kappa shape index (κ1) is 11.5. The standard InChI is InChI=1S/C9H14N2O4/c1-12-6-5-10-8(14-3)9(15-4)11-7(6)13-2/h5,9H,1-4H3. The molecule has 1 rings (SSSR count). The van der Waals surface area contributed by atoms with E-state index in [1.807, 2.05) is 0 Å². The third-order valence-corrected chi connectivity index (χ3v) is 1.81. The third-order valence-electron chi connectivity index (χ3n) is 1.81. The van der Waals surface area contributed by atoms with Gasteiger partial charge in [0, 0.05) is 7.11 Å². The maximum absolute atomic E-state index is 5.09. The molecule has 1 aliphatic heterocycles. The van der Waals surface area contributed by atoms with Crippen LogP contribution in [0, 0.1) is 0 Å². The van der Waals surface area contributed by atoms with Crippen molar-refractivity contribution in [2.45, 2.75) is 6.23 Å². The zero-order valence-electron chi connectivity index (χ0n) is 9.18. The van der Waals surface area contributed by atoms with Crippen LogP contribution in [0.15, 0.2) is 21.9 Å². The number of aliphatic imine (C=N–C) groups is 2. The Morgan fingerprint density at radius 1 is 1.07 bits per heavy atom. The van der Waals surface area contributed by atoms with Gasteiger partial charge >= 0.3 is 0 Å². The van der Waals surface area contributed by atoms with Gasteiger partial charge in [0.25, 0.3) is 5.90 Å². The van der Waals surface area contributed by atoms with E-state index in [1.165, 1.54) is 34.6 Å². The van der Waals surface area contributed by atoms with Crippen molar-refractivity contribution >= 4 is 11.8 Å². The van der Waals surface area contributed by atoms with Crippen LogP contribution in [0.2, 0.25) is 0 Å². The quantitative estimate of drug-likeness (QED) is 0.673. The molecular formula is C9H14N2O4. The highest BCUT2D eigenvalue weighted by atomic mass is 16.5. The summed E-state index contributed by atoms with van der Waals surface area (Å²) in [6.45, 7) is 0. The minimum absolute atomic E-state index is 0.320. The molecular weight excluding hydrogens is 200 g/mol. The van der Waals surface area contributed by atoms with E-state index in [-0.39, 0.29) is 0 Å². The van der Waals surface area contributed by atoms with Gasteiger partial charge in [0.1, 0.15) is 0 Å². The molecule has 0 N–H and O–H groups in total. The summed E-state index contributed by atoms with van der Waals surface area (Å²) in [5, 5.41) is 0.